The van der Waals surface area contributed by atoms with Crippen molar-refractivity contribution in [3.63, 3.8) is 0 Å². The van der Waals surface area contributed by atoms with Crippen LogP contribution in [0.15, 0.2) is 65.9 Å². The molecule has 0 radical (unpaired) electrons. The summed E-state index contributed by atoms with van der Waals surface area (Å²) in [6.45, 7) is 2.03. The van der Waals surface area contributed by atoms with E-state index >= 15 is 0 Å². The highest BCUT2D eigenvalue weighted by Crippen LogP contribution is 2.19. The number of aliphatic carboxylic acids is 1. The van der Waals surface area contributed by atoms with Gasteiger partial charge in [-0.1, -0.05) is 37.3 Å². The zero-order valence-electron chi connectivity index (χ0n) is 13.2. The second-order valence-electron chi connectivity index (χ2n) is 5.11. The molecule has 2 aromatic carbocycles. The van der Waals surface area contributed by atoms with Gasteiger partial charge in [-0.2, -0.15) is 0 Å². The van der Waals surface area contributed by atoms with Crippen molar-refractivity contribution in [2.45, 2.75) is 20.0 Å². The number of allylic oxidation sites excluding steroid dienone is 1. The monoisotopic (exact) mass is 326 g/mol. The summed E-state index contributed by atoms with van der Waals surface area (Å²) in [5.41, 5.74) is 1.20. The number of Topliss-reactive ketones (excluding diaryl/α,β-unsaturated/α-hetero) is 1. The van der Waals surface area contributed by atoms with Crippen molar-refractivity contribution in [3.8, 4) is 5.75 Å². The van der Waals surface area contributed by atoms with Gasteiger partial charge >= 0.3 is 5.97 Å². The minimum absolute atomic E-state index is 0.125. The van der Waals surface area contributed by atoms with Crippen LogP contribution < -0.4 is 4.74 Å². The Morgan fingerprint density at radius 3 is 2.12 bits per heavy atom. The van der Waals surface area contributed by atoms with Crippen molar-refractivity contribution < 1.29 is 24.5 Å². The summed E-state index contributed by atoms with van der Waals surface area (Å²) in [4.78, 5) is 23.1. The number of carbonyl (C=O) groups excluding carboxylic acids is 1. The van der Waals surface area contributed by atoms with E-state index in [0.717, 1.165) is 5.56 Å². The zero-order valence-corrected chi connectivity index (χ0v) is 13.2. The lowest BCUT2D eigenvalue weighted by Gasteiger charge is -2.08. The molecule has 2 aromatic rings. The Balaban J connectivity index is 2.10. The van der Waals surface area contributed by atoms with Crippen LogP contribution in [0.4, 0.5) is 0 Å². The van der Waals surface area contributed by atoms with E-state index < -0.39 is 17.5 Å². The molecule has 0 saturated carbocycles. The molecule has 124 valence electrons. The smallest absolute Gasteiger partial charge is 0.371 e. The number of hydrogen-bond acceptors (Lipinski definition) is 4. The number of rotatable bonds is 7. The Hall–Kier alpha value is -3.08. The first-order valence-corrected chi connectivity index (χ1v) is 7.49. The largest absolute Gasteiger partial charge is 0.502 e. The second-order valence-corrected chi connectivity index (χ2v) is 5.11. The van der Waals surface area contributed by atoms with Gasteiger partial charge < -0.3 is 14.9 Å². The van der Waals surface area contributed by atoms with Gasteiger partial charge in [-0.05, 0) is 36.2 Å². The van der Waals surface area contributed by atoms with Crippen molar-refractivity contribution in [1.82, 2.24) is 0 Å². The maximum atomic E-state index is 12.3. The number of carbonyl (C=O) groups is 2. The summed E-state index contributed by atoms with van der Waals surface area (Å²) < 4.78 is 5.63. The highest BCUT2D eigenvalue weighted by molar-refractivity contribution is 6.11. The van der Waals surface area contributed by atoms with Crippen LogP contribution in [-0.2, 0) is 11.4 Å². The predicted molar refractivity (Wildman–Crippen MR) is 89.1 cm³/mol. The van der Waals surface area contributed by atoms with E-state index in [-0.39, 0.29) is 12.0 Å². The van der Waals surface area contributed by atoms with Gasteiger partial charge in [-0.3, -0.25) is 4.79 Å². The topological polar surface area (TPSA) is 83.8 Å². The normalized spacial score (nSPS) is 11.5. The van der Waals surface area contributed by atoms with Gasteiger partial charge in [-0.25, -0.2) is 4.79 Å². The summed E-state index contributed by atoms with van der Waals surface area (Å²) in [7, 11) is 0. The Labute approximate surface area is 139 Å². The lowest BCUT2D eigenvalue weighted by molar-refractivity contribution is -0.135. The molecule has 0 aliphatic heterocycles. The molecule has 0 aliphatic rings. The number of ether oxygens (including phenoxy) is 1. The number of carboxylic acid groups (broad SMARTS) is 1. The van der Waals surface area contributed by atoms with Crippen molar-refractivity contribution in [2.75, 3.05) is 0 Å². The highest BCUT2D eigenvalue weighted by atomic mass is 16.5. The van der Waals surface area contributed by atoms with Crippen molar-refractivity contribution in [1.29, 1.82) is 0 Å². The van der Waals surface area contributed by atoms with E-state index in [0.29, 0.717) is 17.9 Å². The molecular weight excluding hydrogens is 308 g/mol. The van der Waals surface area contributed by atoms with Crippen molar-refractivity contribution in [2.24, 2.45) is 0 Å². The number of aliphatic hydroxyl groups is 1. The molecule has 2 N–H and O–H groups in total. The molecule has 0 heterocycles. The first-order chi connectivity index (χ1) is 11.5. The summed E-state index contributed by atoms with van der Waals surface area (Å²) in [6.07, 6.45) is 0.128. The molecule has 5 nitrogen and oxygen atoms in total. The van der Waals surface area contributed by atoms with Crippen LogP contribution in [-0.4, -0.2) is 22.0 Å². The van der Waals surface area contributed by atoms with Crippen LogP contribution in [0.25, 0.3) is 0 Å². The Morgan fingerprint density at radius 1 is 0.958 bits per heavy atom. The fraction of sp³-hybridized carbons (Fsp3) is 0.158. The van der Waals surface area contributed by atoms with Crippen LogP contribution in [0.3, 0.4) is 0 Å². The first kappa shape index (κ1) is 17.3. The standard InChI is InChI=1S/C19H18O5/c1-2-16(18(21)19(22)23)17(20)14-8-10-15(11-9-14)24-12-13-6-4-3-5-7-13/h3-11,21H,2,12H2,1H3,(H,22,23). The summed E-state index contributed by atoms with van der Waals surface area (Å²) in [5, 5.41) is 18.3. The maximum absolute atomic E-state index is 12.3. The third kappa shape index (κ3) is 4.23. The molecule has 0 spiro atoms. The number of aliphatic hydroxyl groups excluding tert-OH is 1. The van der Waals surface area contributed by atoms with E-state index in [1.165, 1.54) is 0 Å². The van der Waals surface area contributed by atoms with E-state index in [4.69, 9.17) is 9.84 Å². The molecule has 0 unspecified atom stereocenters. The van der Waals surface area contributed by atoms with Gasteiger partial charge in [-0.15, -0.1) is 0 Å². The molecular formula is C19H18O5. The molecule has 0 amide bonds. The van der Waals surface area contributed by atoms with Gasteiger partial charge in [0.1, 0.15) is 12.4 Å². The van der Waals surface area contributed by atoms with E-state index in [9.17, 15) is 14.7 Å². The first-order valence-electron chi connectivity index (χ1n) is 7.49. The van der Waals surface area contributed by atoms with E-state index in [2.05, 4.69) is 0 Å². The van der Waals surface area contributed by atoms with Crippen LogP contribution in [0, 0.1) is 0 Å². The molecule has 24 heavy (non-hydrogen) atoms. The fourth-order valence-corrected chi connectivity index (χ4v) is 2.18. The van der Waals surface area contributed by atoms with Gasteiger partial charge in [0.15, 0.2) is 5.78 Å². The summed E-state index contributed by atoms with van der Waals surface area (Å²) in [5.74, 6) is -2.33. The summed E-state index contributed by atoms with van der Waals surface area (Å²) >= 11 is 0. The predicted octanol–water partition coefficient (Wildman–Crippen LogP) is 3.76. The Kier molecular flexibility index (Phi) is 5.73. The SMILES string of the molecule is CCC(C(=O)c1ccc(OCc2ccccc2)cc1)=C(O)C(=O)O. The van der Waals surface area contributed by atoms with E-state index in [1.54, 1.807) is 31.2 Å². The number of carboxylic acids is 1. The third-order valence-electron chi connectivity index (χ3n) is 3.48. The third-order valence-corrected chi connectivity index (χ3v) is 3.48. The molecule has 2 rings (SSSR count). The molecule has 0 saturated heterocycles. The number of benzene rings is 2. The van der Waals surface area contributed by atoms with Crippen molar-refractivity contribution in [3.05, 3.63) is 77.1 Å². The van der Waals surface area contributed by atoms with Gasteiger partial charge in [0, 0.05) is 11.1 Å². The maximum Gasteiger partial charge on any atom is 0.371 e. The molecule has 5 heteroatoms. The quantitative estimate of drug-likeness (QED) is 0.460. The van der Waals surface area contributed by atoms with E-state index in [1.807, 2.05) is 30.3 Å². The average Bonchev–Trinajstić information content (AvgIpc) is 2.61. The zero-order chi connectivity index (χ0) is 17.5. The Morgan fingerprint density at radius 2 is 1.58 bits per heavy atom. The minimum Gasteiger partial charge on any atom is -0.502 e. The summed E-state index contributed by atoms with van der Waals surface area (Å²) in [6, 6.07) is 16.1. The van der Waals surface area contributed by atoms with Crippen molar-refractivity contribution >= 4 is 11.8 Å². The molecule has 0 bridgehead atoms. The molecule has 0 fully saturated rings. The number of ketones is 1. The number of hydrogen-bond donors (Lipinski definition) is 2. The van der Waals surface area contributed by atoms with Gasteiger partial charge in [0.2, 0.25) is 5.76 Å². The van der Waals surface area contributed by atoms with Crippen LogP contribution in [0.1, 0.15) is 29.3 Å². The second kappa shape index (κ2) is 7.97. The van der Waals surface area contributed by atoms with Crippen LogP contribution in [0.5, 0.6) is 5.75 Å². The van der Waals surface area contributed by atoms with Crippen LogP contribution >= 0.6 is 0 Å². The highest BCUT2D eigenvalue weighted by Gasteiger charge is 2.19. The Bertz CT molecular complexity index is 745. The lowest BCUT2D eigenvalue weighted by atomic mass is 10.00. The average molecular weight is 326 g/mol. The van der Waals surface area contributed by atoms with Gasteiger partial charge in [0.25, 0.3) is 0 Å². The molecule has 0 aromatic heterocycles. The van der Waals surface area contributed by atoms with Gasteiger partial charge in [0.05, 0.1) is 0 Å². The minimum atomic E-state index is -1.51. The molecule has 0 atom stereocenters. The molecule has 0 aliphatic carbocycles. The lowest BCUT2D eigenvalue weighted by Crippen LogP contribution is -2.11. The van der Waals surface area contributed by atoms with Crippen LogP contribution in [0.2, 0.25) is 0 Å². The fourth-order valence-electron chi connectivity index (χ4n) is 2.18.